The van der Waals surface area contributed by atoms with Crippen LogP contribution in [0.1, 0.15) is 38.7 Å². The number of unbranched alkanes of at least 4 members (excludes halogenated alkanes) is 1. The number of hydrogen-bond donors (Lipinski definition) is 1. The SMILES string of the molecule is CCCCNC(=O)[C@@H](CC)N(Cc1cccc(OC)c1)C(=O)CN(c1ccc(OC)c(OC)c1)S(=O)(=O)c1ccccc1. The van der Waals surface area contributed by atoms with Crippen LogP contribution in [0, 0.1) is 0 Å². The van der Waals surface area contributed by atoms with E-state index in [1.165, 1.54) is 37.3 Å². The van der Waals surface area contributed by atoms with Crippen LogP contribution < -0.4 is 23.8 Å². The van der Waals surface area contributed by atoms with Gasteiger partial charge in [0, 0.05) is 19.2 Å². The average molecular weight is 612 g/mol. The monoisotopic (exact) mass is 611 g/mol. The zero-order chi connectivity index (χ0) is 31.4. The van der Waals surface area contributed by atoms with E-state index in [-0.39, 0.29) is 23.0 Å². The normalized spacial score (nSPS) is 11.7. The van der Waals surface area contributed by atoms with Crippen molar-refractivity contribution in [2.24, 2.45) is 0 Å². The van der Waals surface area contributed by atoms with Crippen LogP contribution >= 0.6 is 0 Å². The number of rotatable bonds is 16. The first kappa shape index (κ1) is 33.3. The Kier molecular flexibility index (Phi) is 12.2. The number of sulfonamides is 1. The molecule has 0 heterocycles. The van der Waals surface area contributed by atoms with Crippen LogP contribution in [0.25, 0.3) is 0 Å². The summed E-state index contributed by atoms with van der Waals surface area (Å²) in [5.74, 6) is 0.467. The van der Waals surface area contributed by atoms with Crippen LogP contribution in [-0.2, 0) is 26.2 Å². The highest BCUT2D eigenvalue weighted by molar-refractivity contribution is 7.92. The van der Waals surface area contributed by atoms with E-state index in [1.54, 1.807) is 55.6 Å². The molecular formula is C32H41N3O7S. The van der Waals surface area contributed by atoms with Crippen molar-refractivity contribution in [3.63, 3.8) is 0 Å². The Bertz CT molecular complexity index is 1460. The van der Waals surface area contributed by atoms with E-state index in [1.807, 2.05) is 19.9 Å². The van der Waals surface area contributed by atoms with E-state index in [4.69, 9.17) is 14.2 Å². The lowest BCUT2D eigenvalue weighted by Gasteiger charge is -2.33. The highest BCUT2D eigenvalue weighted by atomic mass is 32.2. The van der Waals surface area contributed by atoms with E-state index in [2.05, 4.69) is 5.32 Å². The number of carbonyl (C=O) groups excluding carboxylic acids is 2. The van der Waals surface area contributed by atoms with Gasteiger partial charge in [0.1, 0.15) is 18.3 Å². The summed E-state index contributed by atoms with van der Waals surface area (Å²) in [5.41, 5.74) is 0.938. The van der Waals surface area contributed by atoms with Crippen LogP contribution in [0.15, 0.2) is 77.7 Å². The second-order valence-corrected chi connectivity index (χ2v) is 11.7. The summed E-state index contributed by atoms with van der Waals surface area (Å²) in [6.45, 7) is 3.84. The zero-order valence-corrected chi connectivity index (χ0v) is 26.2. The number of hydrogen-bond acceptors (Lipinski definition) is 7. The largest absolute Gasteiger partial charge is 0.497 e. The Morgan fingerprint density at radius 1 is 0.860 bits per heavy atom. The predicted octanol–water partition coefficient (Wildman–Crippen LogP) is 4.63. The number of anilines is 1. The van der Waals surface area contributed by atoms with Gasteiger partial charge in [-0.25, -0.2) is 8.42 Å². The van der Waals surface area contributed by atoms with Gasteiger partial charge in [-0.3, -0.25) is 13.9 Å². The molecule has 0 saturated carbocycles. The van der Waals surface area contributed by atoms with Gasteiger partial charge in [0.25, 0.3) is 10.0 Å². The highest BCUT2D eigenvalue weighted by Gasteiger charge is 2.34. The second-order valence-electron chi connectivity index (χ2n) is 9.81. The van der Waals surface area contributed by atoms with Gasteiger partial charge in [0.15, 0.2) is 11.5 Å². The first-order valence-electron chi connectivity index (χ1n) is 14.2. The minimum absolute atomic E-state index is 0.0151. The summed E-state index contributed by atoms with van der Waals surface area (Å²) in [6, 6.07) is 18.9. The van der Waals surface area contributed by atoms with E-state index in [9.17, 15) is 18.0 Å². The molecule has 0 saturated heterocycles. The van der Waals surface area contributed by atoms with Crippen LogP contribution in [-0.4, -0.2) is 65.6 Å². The van der Waals surface area contributed by atoms with Crippen molar-refractivity contribution < 1.29 is 32.2 Å². The maximum Gasteiger partial charge on any atom is 0.264 e. The summed E-state index contributed by atoms with van der Waals surface area (Å²) in [7, 11) is 0.262. The summed E-state index contributed by atoms with van der Waals surface area (Å²) in [4.78, 5) is 29.0. The van der Waals surface area contributed by atoms with Gasteiger partial charge in [0.05, 0.1) is 31.9 Å². The van der Waals surface area contributed by atoms with Gasteiger partial charge in [0.2, 0.25) is 11.8 Å². The van der Waals surface area contributed by atoms with Crippen LogP contribution in [0.5, 0.6) is 17.2 Å². The molecule has 3 aromatic carbocycles. The molecule has 2 amide bonds. The topological polar surface area (TPSA) is 114 Å². The molecule has 3 rings (SSSR count). The van der Waals surface area contributed by atoms with E-state index < -0.39 is 28.5 Å². The van der Waals surface area contributed by atoms with E-state index in [0.29, 0.717) is 30.2 Å². The van der Waals surface area contributed by atoms with Gasteiger partial charge < -0.3 is 24.4 Å². The number of nitrogens with zero attached hydrogens (tertiary/aromatic N) is 2. The number of benzene rings is 3. The van der Waals surface area contributed by atoms with Crippen LogP contribution in [0.4, 0.5) is 5.69 Å². The Labute approximate surface area is 254 Å². The van der Waals surface area contributed by atoms with Crippen molar-refractivity contribution in [3.05, 3.63) is 78.4 Å². The molecule has 0 unspecified atom stereocenters. The molecule has 0 spiro atoms. The third-order valence-corrected chi connectivity index (χ3v) is 8.76. The Morgan fingerprint density at radius 3 is 2.21 bits per heavy atom. The quantitative estimate of drug-likeness (QED) is 0.235. The van der Waals surface area contributed by atoms with Gasteiger partial charge in [-0.05, 0) is 54.8 Å². The third-order valence-electron chi connectivity index (χ3n) is 6.97. The Hall–Kier alpha value is -4.25. The molecule has 232 valence electrons. The third kappa shape index (κ3) is 8.41. The van der Waals surface area contributed by atoms with Crippen molar-refractivity contribution in [2.45, 2.75) is 50.6 Å². The Morgan fingerprint density at radius 2 is 1.58 bits per heavy atom. The molecule has 0 bridgehead atoms. The van der Waals surface area contributed by atoms with Crippen molar-refractivity contribution in [3.8, 4) is 17.2 Å². The molecule has 1 N–H and O–H groups in total. The number of ether oxygens (including phenoxy) is 3. The zero-order valence-electron chi connectivity index (χ0n) is 25.4. The van der Waals surface area contributed by atoms with E-state index >= 15 is 0 Å². The predicted molar refractivity (Wildman–Crippen MR) is 166 cm³/mol. The molecule has 0 radical (unpaired) electrons. The van der Waals surface area contributed by atoms with Crippen molar-refractivity contribution in [1.82, 2.24) is 10.2 Å². The van der Waals surface area contributed by atoms with Crippen LogP contribution in [0.3, 0.4) is 0 Å². The van der Waals surface area contributed by atoms with Gasteiger partial charge in [-0.15, -0.1) is 0 Å². The lowest BCUT2D eigenvalue weighted by atomic mass is 10.1. The minimum atomic E-state index is -4.21. The van der Waals surface area contributed by atoms with Gasteiger partial charge in [-0.1, -0.05) is 50.6 Å². The summed E-state index contributed by atoms with van der Waals surface area (Å²) in [5, 5.41) is 2.93. The fourth-order valence-corrected chi connectivity index (χ4v) is 6.05. The van der Waals surface area contributed by atoms with Gasteiger partial charge >= 0.3 is 0 Å². The molecule has 1 atom stereocenters. The minimum Gasteiger partial charge on any atom is -0.497 e. The van der Waals surface area contributed by atoms with Crippen molar-refractivity contribution >= 4 is 27.5 Å². The first-order chi connectivity index (χ1) is 20.7. The standard InChI is InChI=1S/C32H41N3O7S/c1-6-8-19-33-32(37)28(7-2)34(22-24-13-12-14-26(20-24)40-3)31(36)23-35(43(38,39)27-15-10-9-11-16-27)25-17-18-29(41-4)30(21-25)42-5/h9-18,20-21,28H,6-8,19,22-23H2,1-5H3,(H,33,37)/t28-/m1/s1. The summed E-state index contributed by atoms with van der Waals surface area (Å²) >= 11 is 0. The number of amides is 2. The fourth-order valence-electron chi connectivity index (χ4n) is 4.62. The second kappa shape index (κ2) is 15.8. The number of carbonyl (C=O) groups is 2. The average Bonchev–Trinajstić information content (AvgIpc) is 3.03. The molecule has 0 aromatic heterocycles. The fraction of sp³-hybridized carbons (Fsp3) is 0.375. The molecule has 0 aliphatic heterocycles. The van der Waals surface area contributed by atoms with Crippen LogP contribution in [0.2, 0.25) is 0 Å². The molecular weight excluding hydrogens is 570 g/mol. The van der Waals surface area contributed by atoms with E-state index in [0.717, 1.165) is 22.7 Å². The molecule has 0 aliphatic carbocycles. The molecule has 43 heavy (non-hydrogen) atoms. The van der Waals surface area contributed by atoms with Gasteiger partial charge in [-0.2, -0.15) is 0 Å². The number of methoxy groups -OCH3 is 3. The summed E-state index contributed by atoms with van der Waals surface area (Å²) < 4.78 is 45.2. The lowest BCUT2D eigenvalue weighted by molar-refractivity contribution is -0.140. The Balaban J connectivity index is 2.09. The molecule has 0 fully saturated rings. The maximum atomic E-state index is 14.2. The number of nitrogens with one attached hydrogen (secondary N) is 1. The lowest BCUT2D eigenvalue weighted by Crippen LogP contribution is -2.52. The molecule has 0 aliphatic rings. The first-order valence-corrected chi connectivity index (χ1v) is 15.6. The molecule has 3 aromatic rings. The molecule has 11 heteroatoms. The maximum absolute atomic E-state index is 14.2. The molecule has 10 nitrogen and oxygen atoms in total. The van der Waals surface area contributed by atoms with Crippen molar-refractivity contribution in [2.75, 3.05) is 38.7 Å². The van der Waals surface area contributed by atoms with Crippen molar-refractivity contribution in [1.29, 1.82) is 0 Å². The highest BCUT2D eigenvalue weighted by Crippen LogP contribution is 2.34. The smallest absolute Gasteiger partial charge is 0.264 e. The summed E-state index contributed by atoms with van der Waals surface area (Å²) in [6.07, 6.45) is 2.03.